The van der Waals surface area contributed by atoms with Crippen LogP contribution in [0.1, 0.15) is 12.5 Å². The van der Waals surface area contributed by atoms with E-state index >= 15 is 0 Å². The Hall–Kier alpha value is -2.80. The van der Waals surface area contributed by atoms with E-state index in [4.69, 9.17) is 4.52 Å². The zero-order chi connectivity index (χ0) is 17.8. The SMILES string of the molecule is Cc1cccc(NC(=O)C(C)Sc2c([O-])on[n+]2-c2ccccc2)c1. The van der Waals surface area contributed by atoms with Crippen LogP contribution in [0.15, 0.2) is 64.1 Å². The summed E-state index contributed by atoms with van der Waals surface area (Å²) in [7, 11) is 0. The molecule has 1 atom stereocenters. The lowest BCUT2D eigenvalue weighted by Crippen LogP contribution is -2.36. The summed E-state index contributed by atoms with van der Waals surface area (Å²) in [6.45, 7) is 3.69. The Morgan fingerprint density at radius 2 is 2.00 bits per heavy atom. The third-order valence-electron chi connectivity index (χ3n) is 3.52. The highest BCUT2D eigenvalue weighted by molar-refractivity contribution is 8.00. The summed E-state index contributed by atoms with van der Waals surface area (Å²) in [5.41, 5.74) is 2.48. The van der Waals surface area contributed by atoms with Crippen molar-refractivity contribution in [2.24, 2.45) is 0 Å². The van der Waals surface area contributed by atoms with Crippen LogP contribution in [0.2, 0.25) is 0 Å². The van der Waals surface area contributed by atoms with Crippen LogP contribution < -0.4 is 15.1 Å². The summed E-state index contributed by atoms with van der Waals surface area (Å²) in [6, 6.07) is 16.7. The molecule has 1 unspecified atom stereocenters. The predicted octanol–water partition coefficient (Wildman–Crippen LogP) is 2.45. The minimum atomic E-state index is -0.566. The van der Waals surface area contributed by atoms with Crippen molar-refractivity contribution >= 4 is 23.4 Å². The second-order valence-corrected chi connectivity index (χ2v) is 6.86. The second-order valence-electron chi connectivity index (χ2n) is 5.53. The Labute approximate surface area is 149 Å². The van der Waals surface area contributed by atoms with Gasteiger partial charge in [-0.15, -0.1) is 0 Å². The number of anilines is 1. The number of carbonyl (C=O) groups is 1. The van der Waals surface area contributed by atoms with Gasteiger partial charge in [-0.25, -0.2) is 0 Å². The van der Waals surface area contributed by atoms with Crippen molar-refractivity contribution in [3.05, 3.63) is 60.2 Å². The van der Waals surface area contributed by atoms with E-state index in [0.717, 1.165) is 23.0 Å². The highest BCUT2D eigenvalue weighted by Gasteiger charge is 2.26. The topological polar surface area (TPSA) is 82.1 Å². The van der Waals surface area contributed by atoms with Gasteiger partial charge in [0, 0.05) is 17.8 Å². The molecule has 0 aliphatic rings. The van der Waals surface area contributed by atoms with E-state index in [1.807, 2.05) is 61.5 Å². The third-order valence-corrected chi connectivity index (χ3v) is 4.65. The lowest BCUT2D eigenvalue weighted by molar-refractivity contribution is -0.705. The molecule has 0 fully saturated rings. The fraction of sp³-hybridized carbons (Fsp3) is 0.167. The molecule has 1 heterocycles. The first-order valence-corrected chi connectivity index (χ1v) is 8.61. The highest BCUT2D eigenvalue weighted by Crippen LogP contribution is 2.28. The summed E-state index contributed by atoms with van der Waals surface area (Å²) in [5.74, 6) is -0.764. The molecule has 7 heteroatoms. The molecule has 3 aromatic rings. The number of nitrogens with one attached hydrogen (secondary N) is 1. The van der Waals surface area contributed by atoms with E-state index in [9.17, 15) is 9.90 Å². The number of hydrogen-bond donors (Lipinski definition) is 1. The van der Waals surface area contributed by atoms with Gasteiger partial charge in [-0.2, -0.15) is 0 Å². The van der Waals surface area contributed by atoms with Gasteiger partial charge in [0.1, 0.15) is 0 Å². The predicted molar refractivity (Wildman–Crippen MR) is 92.6 cm³/mol. The number of aromatic nitrogens is 2. The Balaban J connectivity index is 1.76. The average Bonchev–Trinajstić information content (AvgIpc) is 2.96. The minimum absolute atomic E-state index is 0.198. The molecular formula is C18H17N3O3S. The van der Waals surface area contributed by atoms with Gasteiger partial charge in [-0.1, -0.05) is 30.3 Å². The Bertz CT molecular complexity index is 880. The molecule has 0 bridgehead atoms. The maximum atomic E-state index is 12.4. The maximum absolute atomic E-state index is 12.4. The average molecular weight is 355 g/mol. The molecule has 0 saturated heterocycles. The van der Waals surface area contributed by atoms with E-state index in [1.54, 1.807) is 6.92 Å². The van der Waals surface area contributed by atoms with Gasteiger partial charge in [0.2, 0.25) is 11.6 Å². The molecule has 0 saturated carbocycles. The quantitative estimate of drug-likeness (QED) is 0.561. The van der Waals surface area contributed by atoms with Gasteiger partial charge in [0.25, 0.3) is 5.03 Å². The van der Waals surface area contributed by atoms with E-state index in [2.05, 4.69) is 10.6 Å². The Morgan fingerprint density at radius 3 is 2.72 bits per heavy atom. The number of thioether (sulfide) groups is 1. The van der Waals surface area contributed by atoms with E-state index in [-0.39, 0.29) is 10.9 Å². The monoisotopic (exact) mass is 355 g/mol. The number of benzene rings is 2. The van der Waals surface area contributed by atoms with Gasteiger partial charge in [-0.05, 0) is 48.0 Å². The van der Waals surface area contributed by atoms with Crippen LogP contribution in [0.25, 0.3) is 5.69 Å². The molecule has 2 aromatic carbocycles. The van der Waals surface area contributed by atoms with Crippen molar-refractivity contribution in [3.8, 4) is 11.6 Å². The largest absolute Gasteiger partial charge is 0.538 e. The normalized spacial score (nSPS) is 11.9. The van der Waals surface area contributed by atoms with Gasteiger partial charge >= 0.3 is 0 Å². The van der Waals surface area contributed by atoms with Crippen LogP contribution in [0, 0.1) is 6.92 Å². The fourth-order valence-corrected chi connectivity index (χ4v) is 3.13. The highest BCUT2D eigenvalue weighted by atomic mass is 32.2. The molecule has 1 aromatic heterocycles. The van der Waals surface area contributed by atoms with Crippen molar-refractivity contribution in [2.75, 3.05) is 5.32 Å². The number of amides is 1. The summed E-state index contributed by atoms with van der Waals surface area (Å²) in [5, 5.41) is 18.4. The number of carbonyl (C=O) groups excluding carboxylic acids is 1. The molecule has 0 spiro atoms. The lowest BCUT2D eigenvalue weighted by Gasteiger charge is -2.10. The first-order chi connectivity index (χ1) is 12.0. The van der Waals surface area contributed by atoms with Gasteiger partial charge < -0.3 is 14.9 Å². The number of nitrogens with zero attached hydrogens (tertiary/aromatic N) is 2. The molecule has 1 N–H and O–H groups in total. The zero-order valence-electron chi connectivity index (χ0n) is 13.8. The lowest BCUT2D eigenvalue weighted by atomic mass is 10.2. The maximum Gasteiger partial charge on any atom is 0.298 e. The standard InChI is InChI=1S/C18H17N3O3S/c1-12-7-6-8-14(11-12)19-16(22)13(2)25-17-18(23)24-20-21(17)15-9-4-3-5-10-15/h3-11,13H,1-2H3,(H-,19,20,22,23). The first kappa shape index (κ1) is 17.0. The Morgan fingerprint density at radius 1 is 1.24 bits per heavy atom. The summed E-state index contributed by atoms with van der Waals surface area (Å²) in [6.07, 6.45) is 0. The third kappa shape index (κ3) is 4.00. The summed E-state index contributed by atoms with van der Waals surface area (Å²) < 4.78 is 6.18. The van der Waals surface area contributed by atoms with Crippen molar-refractivity contribution in [1.82, 2.24) is 5.27 Å². The molecule has 25 heavy (non-hydrogen) atoms. The number of rotatable bonds is 5. The molecule has 3 rings (SSSR count). The van der Waals surface area contributed by atoms with Crippen LogP contribution in [-0.4, -0.2) is 16.4 Å². The first-order valence-electron chi connectivity index (χ1n) is 7.73. The molecule has 0 aliphatic carbocycles. The van der Waals surface area contributed by atoms with Crippen LogP contribution in [0.4, 0.5) is 5.69 Å². The van der Waals surface area contributed by atoms with Crippen LogP contribution >= 0.6 is 11.8 Å². The van der Waals surface area contributed by atoms with Crippen molar-refractivity contribution < 1.29 is 19.1 Å². The molecule has 6 nitrogen and oxygen atoms in total. The minimum Gasteiger partial charge on any atom is -0.538 e. The molecule has 0 aliphatic heterocycles. The van der Waals surface area contributed by atoms with Crippen molar-refractivity contribution in [3.63, 3.8) is 0 Å². The van der Waals surface area contributed by atoms with Crippen molar-refractivity contribution in [2.45, 2.75) is 24.1 Å². The van der Waals surface area contributed by atoms with Gasteiger partial charge in [0.05, 0.1) is 10.5 Å². The number of aryl methyl sites for hydroxylation is 1. The second kappa shape index (κ2) is 7.40. The van der Waals surface area contributed by atoms with Crippen LogP contribution in [-0.2, 0) is 4.79 Å². The molecule has 1 amide bonds. The van der Waals surface area contributed by atoms with Crippen LogP contribution in [0.5, 0.6) is 5.95 Å². The van der Waals surface area contributed by atoms with E-state index < -0.39 is 11.2 Å². The van der Waals surface area contributed by atoms with Crippen molar-refractivity contribution in [1.29, 1.82) is 0 Å². The zero-order valence-corrected chi connectivity index (χ0v) is 14.6. The van der Waals surface area contributed by atoms with E-state index in [0.29, 0.717) is 5.69 Å². The summed E-state index contributed by atoms with van der Waals surface area (Å²) in [4.78, 5) is 12.4. The smallest absolute Gasteiger partial charge is 0.298 e. The van der Waals surface area contributed by atoms with Crippen LogP contribution in [0.3, 0.4) is 0 Å². The fourth-order valence-electron chi connectivity index (χ4n) is 2.26. The molecular weight excluding hydrogens is 338 g/mol. The number of para-hydroxylation sites is 1. The van der Waals surface area contributed by atoms with Gasteiger partial charge in [-0.3, -0.25) is 4.79 Å². The van der Waals surface area contributed by atoms with E-state index in [1.165, 1.54) is 4.68 Å². The molecule has 0 radical (unpaired) electrons. The Kier molecular flexibility index (Phi) is 5.04. The van der Waals surface area contributed by atoms with Gasteiger partial charge in [0.15, 0.2) is 5.95 Å². The molecule has 128 valence electrons. The number of hydrogen-bond acceptors (Lipinski definition) is 5. The summed E-state index contributed by atoms with van der Waals surface area (Å²) >= 11 is 1.11.